The van der Waals surface area contributed by atoms with E-state index < -0.39 is 15.7 Å². The normalized spacial score (nSPS) is 19.5. The van der Waals surface area contributed by atoms with Crippen molar-refractivity contribution in [1.29, 1.82) is 0 Å². The first-order valence-electron chi connectivity index (χ1n) is 9.48. The Labute approximate surface area is 173 Å². The highest BCUT2D eigenvalue weighted by atomic mass is 32.2. The molecule has 1 aromatic carbocycles. The number of hydrogen-bond donors (Lipinski definition) is 2. The lowest BCUT2D eigenvalue weighted by atomic mass is 10.1. The van der Waals surface area contributed by atoms with Gasteiger partial charge in [-0.25, -0.2) is 18.4 Å². The summed E-state index contributed by atoms with van der Waals surface area (Å²) in [5, 5.41) is 6.31. The molecule has 1 amide bonds. The SMILES string of the molecule is Nc1cnc(NC(=O)C(=NO[C@@H]2CCOC2)c2ccc(S(=O)(=O)C3CC3)cc2)cn1. The summed E-state index contributed by atoms with van der Waals surface area (Å²) < 4.78 is 30.1. The number of anilines is 2. The molecular weight excluding hydrogens is 410 g/mol. The van der Waals surface area contributed by atoms with Crippen molar-refractivity contribution < 1.29 is 22.8 Å². The fourth-order valence-corrected chi connectivity index (χ4v) is 4.56. The second-order valence-corrected chi connectivity index (χ2v) is 9.31. The number of nitrogen functional groups attached to an aromatic ring is 1. The van der Waals surface area contributed by atoms with E-state index >= 15 is 0 Å². The van der Waals surface area contributed by atoms with Crippen LogP contribution in [0, 0.1) is 0 Å². The molecule has 1 aromatic heterocycles. The lowest BCUT2D eigenvalue weighted by molar-refractivity contribution is -0.110. The maximum atomic E-state index is 12.8. The molecule has 2 heterocycles. The van der Waals surface area contributed by atoms with Crippen molar-refractivity contribution in [2.45, 2.75) is 35.5 Å². The number of nitrogens with two attached hydrogens (primary N) is 1. The number of hydrogen-bond acceptors (Lipinski definition) is 9. The second kappa shape index (κ2) is 8.36. The third-order valence-electron chi connectivity index (χ3n) is 4.73. The number of benzene rings is 1. The number of nitrogens with one attached hydrogen (secondary N) is 1. The molecule has 1 saturated carbocycles. The fraction of sp³-hybridized carbons (Fsp3) is 0.368. The molecule has 30 heavy (non-hydrogen) atoms. The van der Waals surface area contributed by atoms with Crippen LogP contribution in [0.2, 0.25) is 0 Å². The first kappa shape index (κ1) is 20.2. The Kier molecular flexibility index (Phi) is 5.64. The first-order valence-corrected chi connectivity index (χ1v) is 11.0. The molecule has 2 fully saturated rings. The molecule has 158 valence electrons. The zero-order chi connectivity index (χ0) is 21.1. The van der Waals surface area contributed by atoms with Gasteiger partial charge in [0.2, 0.25) is 0 Å². The molecule has 4 rings (SSSR count). The van der Waals surface area contributed by atoms with Crippen molar-refractivity contribution in [3.8, 4) is 0 Å². The highest BCUT2D eigenvalue weighted by Crippen LogP contribution is 2.33. The summed E-state index contributed by atoms with van der Waals surface area (Å²) >= 11 is 0. The van der Waals surface area contributed by atoms with Crippen LogP contribution >= 0.6 is 0 Å². The van der Waals surface area contributed by atoms with Gasteiger partial charge in [0.25, 0.3) is 5.91 Å². The molecule has 1 atom stereocenters. The minimum Gasteiger partial charge on any atom is -0.389 e. The molecular formula is C19H21N5O5S. The minimum atomic E-state index is -3.32. The zero-order valence-corrected chi connectivity index (χ0v) is 16.8. The molecule has 10 nitrogen and oxygen atoms in total. The van der Waals surface area contributed by atoms with Crippen LogP contribution in [-0.4, -0.2) is 54.6 Å². The summed E-state index contributed by atoms with van der Waals surface area (Å²) in [6.45, 7) is 0.955. The van der Waals surface area contributed by atoms with Crippen molar-refractivity contribution in [2.24, 2.45) is 5.16 Å². The fourth-order valence-electron chi connectivity index (χ4n) is 2.90. The summed E-state index contributed by atoms with van der Waals surface area (Å²) in [6.07, 6.45) is 4.41. The molecule has 2 aromatic rings. The average Bonchev–Trinajstić information content (AvgIpc) is 3.48. The van der Waals surface area contributed by atoms with Crippen LogP contribution in [0.4, 0.5) is 11.6 Å². The van der Waals surface area contributed by atoms with Crippen molar-refractivity contribution in [3.63, 3.8) is 0 Å². The summed E-state index contributed by atoms with van der Waals surface area (Å²) in [4.78, 5) is 26.4. The number of oxime groups is 1. The number of sulfone groups is 1. The van der Waals surface area contributed by atoms with E-state index in [9.17, 15) is 13.2 Å². The van der Waals surface area contributed by atoms with Crippen LogP contribution in [0.3, 0.4) is 0 Å². The van der Waals surface area contributed by atoms with Crippen LogP contribution in [0.5, 0.6) is 0 Å². The average molecular weight is 431 g/mol. The zero-order valence-electron chi connectivity index (χ0n) is 16.0. The van der Waals surface area contributed by atoms with E-state index in [2.05, 4.69) is 20.4 Å². The summed E-state index contributed by atoms with van der Waals surface area (Å²) in [5.41, 5.74) is 5.90. The Bertz CT molecular complexity index is 1040. The predicted molar refractivity (Wildman–Crippen MR) is 109 cm³/mol. The number of nitrogens with zero attached hydrogens (tertiary/aromatic N) is 3. The molecule has 0 radical (unpaired) electrons. The maximum Gasteiger partial charge on any atom is 0.279 e. The van der Waals surface area contributed by atoms with Gasteiger partial charge in [-0.1, -0.05) is 17.3 Å². The van der Waals surface area contributed by atoms with Gasteiger partial charge in [0.15, 0.2) is 27.5 Å². The quantitative estimate of drug-likeness (QED) is 0.490. The van der Waals surface area contributed by atoms with E-state index in [0.717, 1.165) is 0 Å². The van der Waals surface area contributed by atoms with E-state index in [-0.39, 0.29) is 33.6 Å². The van der Waals surface area contributed by atoms with E-state index in [1.807, 2.05) is 0 Å². The van der Waals surface area contributed by atoms with Crippen LogP contribution in [-0.2, 0) is 24.2 Å². The molecule has 0 spiro atoms. The van der Waals surface area contributed by atoms with Gasteiger partial charge in [-0.15, -0.1) is 0 Å². The van der Waals surface area contributed by atoms with Gasteiger partial charge in [-0.3, -0.25) is 4.79 Å². The van der Waals surface area contributed by atoms with Gasteiger partial charge < -0.3 is 20.6 Å². The molecule has 1 aliphatic carbocycles. The monoisotopic (exact) mass is 431 g/mol. The van der Waals surface area contributed by atoms with Crippen molar-refractivity contribution in [2.75, 3.05) is 24.3 Å². The Balaban J connectivity index is 1.58. The Morgan fingerprint density at radius 1 is 1.17 bits per heavy atom. The number of carbonyl (C=O) groups excluding carboxylic acids is 1. The molecule has 1 saturated heterocycles. The van der Waals surface area contributed by atoms with Gasteiger partial charge in [-0.2, -0.15) is 0 Å². The highest BCUT2D eigenvalue weighted by molar-refractivity contribution is 7.92. The van der Waals surface area contributed by atoms with E-state index in [1.165, 1.54) is 36.7 Å². The second-order valence-electron chi connectivity index (χ2n) is 7.08. The van der Waals surface area contributed by atoms with Crippen molar-refractivity contribution in [1.82, 2.24) is 9.97 Å². The van der Waals surface area contributed by atoms with Crippen molar-refractivity contribution in [3.05, 3.63) is 42.2 Å². The lowest BCUT2D eigenvalue weighted by Crippen LogP contribution is -2.26. The lowest BCUT2D eigenvalue weighted by Gasteiger charge is -2.11. The topological polar surface area (TPSA) is 146 Å². The molecule has 3 N–H and O–H groups in total. The third-order valence-corrected chi connectivity index (χ3v) is 7.01. The van der Waals surface area contributed by atoms with E-state index in [4.69, 9.17) is 15.3 Å². The Hall–Kier alpha value is -3.05. The smallest absolute Gasteiger partial charge is 0.279 e. The highest BCUT2D eigenvalue weighted by Gasteiger charge is 2.36. The maximum absolute atomic E-state index is 12.8. The predicted octanol–water partition coefficient (Wildman–Crippen LogP) is 1.14. The van der Waals surface area contributed by atoms with E-state index in [0.29, 0.717) is 38.0 Å². The molecule has 0 bridgehead atoms. The van der Waals surface area contributed by atoms with Crippen LogP contribution in [0.25, 0.3) is 0 Å². The first-order chi connectivity index (χ1) is 14.4. The summed E-state index contributed by atoms with van der Waals surface area (Å²) in [5.74, 6) is -0.163. The van der Waals surface area contributed by atoms with Crippen molar-refractivity contribution >= 4 is 33.1 Å². The summed E-state index contributed by atoms with van der Waals surface area (Å²) in [7, 11) is -3.32. The van der Waals surface area contributed by atoms with Gasteiger partial charge >= 0.3 is 0 Å². The van der Waals surface area contributed by atoms with Crippen LogP contribution < -0.4 is 11.1 Å². The Morgan fingerprint density at radius 3 is 2.53 bits per heavy atom. The third kappa shape index (κ3) is 4.57. The summed E-state index contributed by atoms with van der Waals surface area (Å²) in [6, 6.07) is 6.04. The van der Waals surface area contributed by atoms with Gasteiger partial charge in [0.05, 0.1) is 35.8 Å². The number of ether oxygens (including phenoxy) is 1. The van der Waals surface area contributed by atoms with E-state index in [1.54, 1.807) is 0 Å². The largest absolute Gasteiger partial charge is 0.389 e. The van der Waals surface area contributed by atoms with Gasteiger partial charge in [0, 0.05) is 12.0 Å². The van der Waals surface area contributed by atoms with Crippen LogP contribution in [0.1, 0.15) is 24.8 Å². The van der Waals surface area contributed by atoms with Gasteiger partial charge in [-0.05, 0) is 25.0 Å². The number of carbonyl (C=O) groups is 1. The Morgan fingerprint density at radius 2 is 1.93 bits per heavy atom. The van der Waals surface area contributed by atoms with Gasteiger partial charge in [0.1, 0.15) is 5.82 Å². The standard InChI is InChI=1S/C19H21N5O5S/c20-16-9-22-17(10-21-16)23-19(25)18(24-29-13-7-8-28-11-13)12-1-3-14(4-2-12)30(26,27)15-5-6-15/h1-4,9-10,13,15H,5-8,11H2,(H2,20,21)(H,22,23,25)/t13-/m1/s1. The molecule has 1 aliphatic heterocycles. The number of aromatic nitrogens is 2. The molecule has 2 aliphatic rings. The van der Waals surface area contributed by atoms with Crippen LogP contribution in [0.15, 0.2) is 46.7 Å². The minimum absolute atomic E-state index is 0.0177. The number of rotatable bonds is 7. The molecule has 0 unspecified atom stereocenters. The number of amides is 1. The molecule has 11 heteroatoms.